The van der Waals surface area contributed by atoms with Gasteiger partial charge in [0.2, 0.25) is 5.91 Å². The fourth-order valence-corrected chi connectivity index (χ4v) is 1.40. The first-order valence-electron chi connectivity index (χ1n) is 4.41. The van der Waals surface area contributed by atoms with Crippen LogP contribution in [0.25, 0.3) is 0 Å². The minimum atomic E-state index is -0.214. The van der Waals surface area contributed by atoms with Crippen LogP contribution < -0.4 is 0 Å². The molecule has 3 heteroatoms. The second kappa shape index (κ2) is 3.90. The molecule has 1 saturated heterocycles. The molecule has 0 saturated carbocycles. The Morgan fingerprint density at radius 3 is 2.50 bits per heavy atom. The maximum absolute atomic E-state index is 11.4. The summed E-state index contributed by atoms with van der Waals surface area (Å²) >= 11 is 0. The predicted molar refractivity (Wildman–Crippen MR) is 46.3 cm³/mol. The first-order chi connectivity index (χ1) is 5.61. The molecule has 1 aliphatic rings. The van der Waals surface area contributed by atoms with Gasteiger partial charge in [-0.2, -0.15) is 0 Å². The molecule has 1 amide bonds. The molecule has 1 atom stereocenters. The number of rotatable bonds is 1. The van der Waals surface area contributed by atoms with Gasteiger partial charge in [-0.1, -0.05) is 6.92 Å². The molecule has 0 aromatic carbocycles. The zero-order valence-corrected chi connectivity index (χ0v) is 7.49. The summed E-state index contributed by atoms with van der Waals surface area (Å²) in [6, 6.07) is 0. The summed E-state index contributed by atoms with van der Waals surface area (Å²) in [6.45, 7) is 6.84. The van der Waals surface area contributed by atoms with Crippen molar-refractivity contribution in [3.8, 4) is 0 Å². The number of hydrogen-bond donors (Lipinski definition) is 1. The second-order valence-electron chi connectivity index (χ2n) is 3.46. The normalized spacial score (nSPS) is 20.2. The Hall–Kier alpha value is -0.570. The van der Waals surface area contributed by atoms with Gasteiger partial charge in [-0.25, -0.2) is 0 Å². The Morgan fingerprint density at radius 2 is 2.08 bits per heavy atom. The Balaban J connectivity index is 2.39. The summed E-state index contributed by atoms with van der Waals surface area (Å²) in [7, 11) is 0. The van der Waals surface area contributed by atoms with Crippen molar-refractivity contribution in [2.24, 2.45) is 5.92 Å². The van der Waals surface area contributed by atoms with E-state index < -0.39 is 0 Å². The predicted octanol–water partition coefficient (Wildman–Crippen LogP) is 0.440. The van der Waals surface area contributed by atoms with E-state index in [4.69, 9.17) is 0 Å². The maximum atomic E-state index is 11.4. The molecule has 0 aliphatic carbocycles. The Morgan fingerprint density at radius 1 is 1.58 bits per heavy atom. The van der Waals surface area contributed by atoms with E-state index in [0.29, 0.717) is 25.9 Å². The van der Waals surface area contributed by atoms with Gasteiger partial charge in [0.05, 0.1) is 6.10 Å². The highest BCUT2D eigenvalue weighted by Gasteiger charge is 2.22. The molecule has 1 rings (SSSR count). The van der Waals surface area contributed by atoms with Crippen molar-refractivity contribution < 1.29 is 9.90 Å². The number of carbonyl (C=O) groups excluding carboxylic acids is 1. The van der Waals surface area contributed by atoms with Gasteiger partial charge < -0.3 is 10.0 Å². The van der Waals surface area contributed by atoms with E-state index in [1.165, 1.54) is 0 Å². The lowest BCUT2D eigenvalue weighted by molar-refractivity contribution is -0.135. The van der Waals surface area contributed by atoms with Gasteiger partial charge in [0.1, 0.15) is 0 Å². The van der Waals surface area contributed by atoms with E-state index in [9.17, 15) is 9.90 Å². The van der Waals surface area contributed by atoms with Crippen LogP contribution in [0.4, 0.5) is 0 Å². The summed E-state index contributed by atoms with van der Waals surface area (Å²) in [5, 5.41) is 9.19. The van der Waals surface area contributed by atoms with E-state index >= 15 is 0 Å². The van der Waals surface area contributed by atoms with Crippen molar-refractivity contribution in [3.63, 3.8) is 0 Å². The third kappa shape index (κ3) is 2.21. The molecule has 1 N–H and O–H groups in total. The molecule has 0 spiro atoms. The van der Waals surface area contributed by atoms with Gasteiger partial charge in [0, 0.05) is 19.0 Å². The highest BCUT2D eigenvalue weighted by molar-refractivity contribution is 5.79. The van der Waals surface area contributed by atoms with Crippen LogP contribution >= 0.6 is 0 Å². The van der Waals surface area contributed by atoms with Crippen LogP contribution in [-0.4, -0.2) is 35.1 Å². The van der Waals surface area contributed by atoms with Crippen molar-refractivity contribution in [2.45, 2.75) is 25.9 Å². The molecule has 1 aliphatic heterocycles. The van der Waals surface area contributed by atoms with E-state index in [1.54, 1.807) is 11.8 Å². The van der Waals surface area contributed by atoms with Crippen LogP contribution in [0.5, 0.6) is 0 Å². The minimum Gasteiger partial charge on any atom is -0.393 e. The van der Waals surface area contributed by atoms with Crippen molar-refractivity contribution in [1.29, 1.82) is 0 Å². The monoisotopic (exact) mass is 170 g/mol. The molecule has 69 valence electrons. The van der Waals surface area contributed by atoms with Gasteiger partial charge in [0.15, 0.2) is 0 Å². The number of aliphatic hydroxyl groups is 1. The summed E-state index contributed by atoms with van der Waals surface area (Å²) in [6.07, 6.45) is 1.20. The average molecular weight is 170 g/mol. The quantitative estimate of drug-likeness (QED) is 0.620. The molecular formula is C9H16NO2. The van der Waals surface area contributed by atoms with Gasteiger partial charge in [0.25, 0.3) is 0 Å². The third-order valence-electron chi connectivity index (χ3n) is 2.20. The van der Waals surface area contributed by atoms with Crippen molar-refractivity contribution in [3.05, 3.63) is 6.92 Å². The smallest absolute Gasteiger partial charge is 0.225 e. The fraction of sp³-hybridized carbons (Fsp3) is 0.778. The lowest BCUT2D eigenvalue weighted by Crippen LogP contribution is -2.42. The first kappa shape index (κ1) is 9.52. The number of amides is 1. The number of aliphatic hydroxyl groups excluding tert-OH is 1. The molecule has 0 aromatic heterocycles. The fourth-order valence-electron chi connectivity index (χ4n) is 1.40. The van der Waals surface area contributed by atoms with Crippen LogP contribution in [0, 0.1) is 12.8 Å². The van der Waals surface area contributed by atoms with E-state index in [-0.39, 0.29) is 17.9 Å². The Kier molecular flexibility index (Phi) is 3.09. The molecule has 1 fully saturated rings. The van der Waals surface area contributed by atoms with E-state index in [2.05, 4.69) is 6.92 Å². The average Bonchev–Trinajstić information content (AvgIpc) is 2.04. The Bertz CT molecular complexity index is 160. The summed E-state index contributed by atoms with van der Waals surface area (Å²) in [5.74, 6) is -0.0675. The highest BCUT2D eigenvalue weighted by atomic mass is 16.3. The van der Waals surface area contributed by atoms with Gasteiger partial charge in [-0.3, -0.25) is 4.79 Å². The first-order valence-corrected chi connectivity index (χ1v) is 4.41. The van der Waals surface area contributed by atoms with Gasteiger partial charge >= 0.3 is 0 Å². The number of nitrogens with zero attached hydrogens (tertiary/aromatic N) is 1. The molecule has 12 heavy (non-hydrogen) atoms. The lowest BCUT2D eigenvalue weighted by atomic mass is 10.1. The molecule has 3 nitrogen and oxygen atoms in total. The van der Waals surface area contributed by atoms with Crippen LogP contribution in [0.2, 0.25) is 0 Å². The van der Waals surface area contributed by atoms with E-state index in [0.717, 1.165) is 0 Å². The van der Waals surface area contributed by atoms with Crippen LogP contribution in [-0.2, 0) is 4.79 Å². The van der Waals surface area contributed by atoms with Gasteiger partial charge in [-0.15, -0.1) is 0 Å². The standard InChI is InChI=1S/C9H16NO2/c1-7(2)9(12)10-5-3-8(11)4-6-10/h7-8,11H,1,3-6H2,2H3. The number of hydrogen-bond acceptors (Lipinski definition) is 2. The number of carbonyl (C=O) groups is 1. The van der Waals surface area contributed by atoms with Crippen LogP contribution in [0.15, 0.2) is 0 Å². The summed E-state index contributed by atoms with van der Waals surface area (Å²) in [5.41, 5.74) is 0. The molecule has 0 bridgehead atoms. The van der Waals surface area contributed by atoms with Crippen molar-refractivity contribution >= 4 is 5.91 Å². The topological polar surface area (TPSA) is 40.5 Å². The van der Waals surface area contributed by atoms with E-state index in [1.807, 2.05) is 0 Å². The zero-order valence-electron chi connectivity index (χ0n) is 7.49. The molecule has 1 unspecified atom stereocenters. The summed E-state index contributed by atoms with van der Waals surface area (Å²) in [4.78, 5) is 13.2. The zero-order chi connectivity index (χ0) is 9.14. The Labute approximate surface area is 73.4 Å². The second-order valence-corrected chi connectivity index (χ2v) is 3.46. The third-order valence-corrected chi connectivity index (χ3v) is 2.20. The maximum Gasteiger partial charge on any atom is 0.225 e. The number of piperidine rings is 1. The minimum absolute atomic E-state index is 0.0990. The molecular weight excluding hydrogens is 154 g/mol. The lowest BCUT2D eigenvalue weighted by Gasteiger charge is -2.30. The van der Waals surface area contributed by atoms with Crippen molar-refractivity contribution in [2.75, 3.05) is 13.1 Å². The van der Waals surface area contributed by atoms with Crippen LogP contribution in [0.3, 0.4) is 0 Å². The van der Waals surface area contributed by atoms with Crippen molar-refractivity contribution in [1.82, 2.24) is 4.90 Å². The summed E-state index contributed by atoms with van der Waals surface area (Å²) < 4.78 is 0. The molecule has 0 aromatic rings. The largest absolute Gasteiger partial charge is 0.393 e. The molecule has 1 heterocycles. The van der Waals surface area contributed by atoms with Crippen LogP contribution in [0.1, 0.15) is 19.8 Å². The van der Waals surface area contributed by atoms with Gasteiger partial charge in [-0.05, 0) is 19.8 Å². The number of likely N-dealkylation sites (tertiary alicyclic amines) is 1. The highest BCUT2D eigenvalue weighted by Crippen LogP contribution is 2.12. The SMILES string of the molecule is [CH2]C(C)C(=O)N1CCC(O)CC1. The molecule has 1 radical (unpaired) electrons.